The maximum Gasteiger partial charge on any atom is 0.164 e. The zero-order valence-electron chi connectivity index (χ0n) is 10.6. The molecule has 18 heavy (non-hydrogen) atoms. The molecule has 2 aromatic rings. The SMILES string of the molecule is CC(=O)CCC(=O)c1ccnc2cccc(C)c12. The topological polar surface area (TPSA) is 47.0 Å². The number of fused-ring (bicyclic) bond motifs is 1. The van der Waals surface area contributed by atoms with Crippen molar-refractivity contribution in [3.8, 4) is 0 Å². The lowest BCUT2D eigenvalue weighted by Crippen LogP contribution is -2.04. The van der Waals surface area contributed by atoms with Gasteiger partial charge in [0.25, 0.3) is 0 Å². The van der Waals surface area contributed by atoms with Gasteiger partial charge < -0.3 is 4.79 Å². The molecule has 0 N–H and O–H groups in total. The summed E-state index contributed by atoms with van der Waals surface area (Å²) in [7, 11) is 0. The van der Waals surface area contributed by atoms with E-state index in [-0.39, 0.29) is 18.0 Å². The highest BCUT2D eigenvalue weighted by Crippen LogP contribution is 2.22. The van der Waals surface area contributed by atoms with Gasteiger partial charge in [0, 0.05) is 30.0 Å². The summed E-state index contributed by atoms with van der Waals surface area (Å²) in [5.41, 5.74) is 2.52. The number of aryl methyl sites for hydroxylation is 1. The van der Waals surface area contributed by atoms with Crippen molar-refractivity contribution in [3.63, 3.8) is 0 Å². The minimum absolute atomic E-state index is 0.00639. The molecular formula is C15H15NO2. The number of pyridine rings is 1. The summed E-state index contributed by atoms with van der Waals surface area (Å²) in [5.74, 6) is 0.0466. The first-order chi connectivity index (χ1) is 8.59. The van der Waals surface area contributed by atoms with Crippen LogP contribution in [0.2, 0.25) is 0 Å². The van der Waals surface area contributed by atoms with Gasteiger partial charge in [0.15, 0.2) is 5.78 Å². The summed E-state index contributed by atoms with van der Waals surface area (Å²) in [5, 5.41) is 0.897. The molecule has 0 unspecified atom stereocenters. The number of carbonyl (C=O) groups excluding carboxylic acids is 2. The van der Waals surface area contributed by atoms with E-state index in [1.54, 1.807) is 12.3 Å². The molecule has 92 valence electrons. The van der Waals surface area contributed by atoms with E-state index in [4.69, 9.17) is 0 Å². The average molecular weight is 241 g/mol. The Balaban J connectivity index is 2.44. The van der Waals surface area contributed by atoms with Gasteiger partial charge in [0.05, 0.1) is 5.52 Å². The Morgan fingerprint density at radius 3 is 2.67 bits per heavy atom. The first-order valence-electron chi connectivity index (χ1n) is 5.96. The highest BCUT2D eigenvalue weighted by molar-refractivity contribution is 6.08. The van der Waals surface area contributed by atoms with Crippen molar-refractivity contribution in [1.29, 1.82) is 0 Å². The number of Topliss-reactive ketones (excluding diaryl/α,β-unsaturated/α-hetero) is 2. The van der Waals surface area contributed by atoms with Crippen LogP contribution in [0.5, 0.6) is 0 Å². The highest BCUT2D eigenvalue weighted by atomic mass is 16.1. The van der Waals surface area contributed by atoms with Crippen LogP contribution in [-0.4, -0.2) is 16.6 Å². The van der Waals surface area contributed by atoms with Gasteiger partial charge in [-0.05, 0) is 31.5 Å². The lowest BCUT2D eigenvalue weighted by atomic mass is 9.98. The maximum absolute atomic E-state index is 12.1. The van der Waals surface area contributed by atoms with Gasteiger partial charge in [-0.25, -0.2) is 0 Å². The van der Waals surface area contributed by atoms with E-state index in [0.717, 1.165) is 16.5 Å². The molecule has 0 radical (unpaired) electrons. The Kier molecular flexibility index (Phi) is 3.51. The molecule has 1 aromatic carbocycles. The molecule has 0 aliphatic rings. The second-order valence-corrected chi connectivity index (χ2v) is 4.45. The van der Waals surface area contributed by atoms with Gasteiger partial charge in [0.1, 0.15) is 5.78 Å². The number of hydrogen-bond donors (Lipinski definition) is 0. The van der Waals surface area contributed by atoms with E-state index in [0.29, 0.717) is 12.0 Å². The molecule has 0 aliphatic carbocycles. The molecule has 1 aromatic heterocycles. The number of ketones is 2. The zero-order chi connectivity index (χ0) is 13.1. The molecule has 0 atom stereocenters. The maximum atomic E-state index is 12.1. The Morgan fingerprint density at radius 2 is 1.94 bits per heavy atom. The smallest absolute Gasteiger partial charge is 0.164 e. The van der Waals surface area contributed by atoms with Crippen LogP contribution in [0.25, 0.3) is 10.9 Å². The minimum Gasteiger partial charge on any atom is -0.300 e. The van der Waals surface area contributed by atoms with Crippen LogP contribution in [0, 0.1) is 6.92 Å². The Bertz CT molecular complexity index is 612. The fraction of sp³-hybridized carbons (Fsp3) is 0.267. The number of rotatable bonds is 4. The van der Waals surface area contributed by atoms with E-state index in [1.165, 1.54) is 6.92 Å². The van der Waals surface area contributed by atoms with Crippen LogP contribution >= 0.6 is 0 Å². The molecule has 0 spiro atoms. The van der Waals surface area contributed by atoms with E-state index in [1.807, 2.05) is 25.1 Å². The molecule has 1 heterocycles. The first-order valence-corrected chi connectivity index (χ1v) is 5.96. The van der Waals surface area contributed by atoms with Gasteiger partial charge >= 0.3 is 0 Å². The monoisotopic (exact) mass is 241 g/mol. The molecule has 2 rings (SSSR count). The summed E-state index contributed by atoms with van der Waals surface area (Å²) in [6.07, 6.45) is 2.21. The quantitative estimate of drug-likeness (QED) is 0.773. The summed E-state index contributed by atoms with van der Waals surface area (Å²) < 4.78 is 0. The van der Waals surface area contributed by atoms with E-state index < -0.39 is 0 Å². The molecule has 0 amide bonds. The molecule has 0 saturated heterocycles. The molecule has 0 fully saturated rings. The van der Waals surface area contributed by atoms with Crippen LogP contribution in [0.3, 0.4) is 0 Å². The third-order valence-corrected chi connectivity index (χ3v) is 2.98. The molecular weight excluding hydrogens is 226 g/mol. The largest absolute Gasteiger partial charge is 0.300 e. The van der Waals surface area contributed by atoms with E-state index in [2.05, 4.69) is 4.98 Å². The fourth-order valence-electron chi connectivity index (χ4n) is 2.04. The van der Waals surface area contributed by atoms with Crippen molar-refractivity contribution >= 4 is 22.5 Å². The van der Waals surface area contributed by atoms with Crippen LogP contribution < -0.4 is 0 Å². The average Bonchev–Trinajstić information content (AvgIpc) is 2.35. The summed E-state index contributed by atoms with van der Waals surface area (Å²) >= 11 is 0. The van der Waals surface area contributed by atoms with Crippen molar-refractivity contribution in [3.05, 3.63) is 41.6 Å². The van der Waals surface area contributed by atoms with Crippen molar-refractivity contribution in [1.82, 2.24) is 4.98 Å². The van der Waals surface area contributed by atoms with E-state index in [9.17, 15) is 9.59 Å². The number of nitrogens with zero attached hydrogens (tertiary/aromatic N) is 1. The van der Waals surface area contributed by atoms with Crippen LogP contribution in [-0.2, 0) is 4.79 Å². The Morgan fingerprint density at radius 1 is 1.17 bits per heavy atom. The first kappa shape index (κ1) is 12.4. The lowest BCUT2D eigenvalue weighted by molar-refractivity contribution is -0.116. The lowest BCUT2D eigenvalue weighted by Gasteiger charge is -2.07. The van der Waals surface area contributed by atoms with Gasteiger partial charge in [-0.1, -0.05) is 12.1 Å². The van der Waals surface area contributed by atoms with Gasteiger partial charge in [-0.2, -0.15) is 0 Å². The zero-order valence-corrected chi connectivity index (χ0v) is 10.6. The predicted octanol–water partition coefficient (Wildman–Crippen LogP) is 3.10. The van der Waals surface area contributed by atoms with Gasteiger partial charge in [-0.3, -0.25) is 9.78 Å². The second kappa shape index (κ2) is 5.08. The third-order valence-electron chi connectivity index (χ3n) is 2.98. The summed E-state index contributed by atoms with van der Waals surface area (Å²) in [6, 6.07) is 7.52. The number of aromatic nitrogens is 1. The molecule has 0 bridgehead atoms. The third kappa shape index (κ3) is 2.45. The summed E-state index contributed by atoms with van der Waals surface area (Å²) in [6.45, 7) is 3.47. The second-order valence-electron chi connectivity index (χ2n) is 4.45. The van der Waals surface area contributed by atoms with Crippen LogP contribution in [0.1, 0.15) is 35.7 Å². The van der Waals surface area contributed by atoms with Crippen molar-refractivity contribution in [2.45, 2.75) is 26.7 Å². The normalized spacial score (nSPS) is 10.6. The predicted molar refractivity (Wildman–Crippen MR) is 70.7 cm³/mol. The van der Waals surface area contributed by atoms with Crippen molar-refractivity contribution in [2.75, 3.05) is 0 Å². The number of carbonyl (C=O) groups is 2. The molecule has 0 aliphatic heterocycles. The van der Waals surface area contributed by atoms with Crippen molar-refractivity contribution in [2.24, 2.45) is 0 Å². The fourth-order valence-corrected chi connectivity index (χ4v) is 2.04. The van der Waals surface area contributed by atoms with Crippen molar-refractivity contribution < 1.29 is 9.59 Å². The standard InChI is InChI=1S/C15H15NO2/c1-10-4-3-5-13-15(10)12(8-9-16-13)14(18)7-6-11(2)17/h3-5,8-9H,6-7H2,1-2H3. The van der Waals surface area contributed by atoms with Gasteiger partial charge in [0.2, 0.25) is 0 Å². The Hall–Kier alpha value is -2.03. The highest BCUT2D eigenvalue weighted by Gasteiger charge is 2.12. The number of benzene rings is 1. The van der Waals surface area contributed by atoms with Crippen LogP contribution in [0.4, 0.5) is 0 Å². The Labute approximate surface area is 106 Å². The number of hydrogen-bond acceptors (Lipinski definition) is 3. The molecule has 3 nitrogen and oxygen atoms in total. The van der Waals surface area contributed by atoms with Crippen LogP contribution in [0.15, 0.2) is 30.5 Å². The van der Waals surface area contributed by atoms with E-state index >= 15 is 0 Å². The minimum atomic E-state index is 0.00639. The molecule has 3 heteroatoms. The molecule has 0 saturated carbocycles. The summed E-state index contributed by atoms with van der Waals surface area (Å²) in [4.78, 5) is 27.3. The van der Waals surface area contributed by atoms with Gasteiger partial charge in [-0.15, -0.1) is 0 Å².